The second-order valence-electron chi connectivity index (χ2n) is 8.03. The van der Waals surface area contributed by atoms with Gasteiger partial charge < -0.3 is 20.0 Å². The van der Waals surface area contributed by atoms with E-state index in [2.05, 4.69) is 39.6 Å². The topological polar surface area (TPSA) is 57.2 Å². The number of benzene rings is 2. The van der Waals surface area contributed by atoms with Gasteiger partial charge in [0.15, 0.2) is 6.10 Å². The van der Waals surface area contributed by atoms with Crippen molar-refractivity contribution >= 4 is 29.0 Å². The summed E-state index contributed by atoms with van der Waals surface area (Å²) in [6.07, 6.45) is 0.466. The van der Waals surface area contributed by atoms with Crippen molar-refractivity contribution in [3.63, 3.8) is 0 Å². The van der Waals surface area contributed by atoms with Crippen LogP contribution in [0.3, 0.4) is 0 Å². The molecule has 2 aromatic carbocycles. The van der Waals surface area contributed by atoms with Crippen molar-refractivity contribution in [2.24, 2.45) is 5.16 Å². The van der Waals surface area contributed by atoms with Crippen molar-refractivity contribution in [1.29, 1.82) is 0 Å². The summed E-state index contributed by atoms with van der Waals surface area (Å²) in [5.41, 5.74) is 4.04. The molecule has 3 rings (SSSR count). The van der Waals surface area contributed by atoms with Crippen LogP contribution in [0.5, 0.6) is 0 Å². The third-order valence-corrected chi connectivity index (χ3v) is 5.07. The number of rotatable bonds is 7. The van der Waals surface area contributed by atoms with Crippen molar-refractivity contribution in [3.8, 4) is 0 Å². The van der Waals surface area contributed by atoms with E-state index in [4.69, 9.17) is 16.4 Å². The fourth-order valence-electron chi connectivity index (χ4n) is 3.31. The minimum Gasteiger partial charge on any atom is -0.390 e. The molecular formula is C23H29ClN4O2. The lowest BCUT2D eigenvalue weighted by Gasteiger charge is -2.26. The first-order chi connectivity index (χ1) is 14.3. The molecule has 1 heterocycles. The highest BCUT2D eigenvalue weighted by Gasteiger charge is 2.27. The molecule has 1 N–H and O–H groups in total. The molecule has 0 saturated carbocycles. The van der Waals surface area contributed by atoms with Gasteiger partial charge in [-0.25, -0.2) is 4.79 Å². The van der Waals surface area contributed by atoms with Gasteiger partial charge in [-0.1, -0.05) is 41.0 Å². The van der Waals surface area contributed by atoms with Crippen LogP contribution < -0.4 is 10.2 Å². The normalized spacial score (nSPS) is 15.5. The standard InChI is InChI=1S/C23H29ClN4O2/c1-16(2)25-23(29)28(14-17-6-5-7-19(24)12-17)15-21-13-22(26-30-21)18-8-10-20(11-9-18)27(3)4/h5-12,16,21H,13-15H2,1-4H3,(H,25,29)/t21-/m1/s1. The van der Waals surface area contributed by atoms with Crippen molar-refractivity contribution in [2.75, 3.05) is 25.5 Å². The molecule has 0 radical (unpaired) electrons. The van der Waals surface area contributed by atoms with Gasteiger partial charge >= 0.3 is 6.03 Å². The van der Waals surface area contributed by atoms with E-state index in [1.54, 1.807) is 4.90 Å². The Balaban J connectivity index is 1.66. The van der Waals surface area contributed by atoms with Crippen LogP contribution in [-0.4, -0.2) is 49.4 Å². The molecule has 2 amide bonds. The molecule has 30 heavy (non-hydrogen) atoms. The lowest BCUT2D eigenvalue weighted by Crippen LogP contribution is -2.45. The maximum Gasteiger partial charge on any atom is 0.318 e. The molecule has 1 aliphatic rings. The molecule has 7 heteroatoms. The summed E-state index contributed by atoms with van der Waals surface area (Å²) in [6.45, 7) is 4.78. The Bertz CT molecular complexity index is 896. The number of nitrogens with one attached hydrogen (secondary N) is 1. The second-order valence-corrected chi connectivity index (χ2v) is 8.46. The number of nitrogens with zero attached hydrogens (tertiary/aromatic N) is 3. The van der Waals surface area contributed by atoms with Crippen molar-refractivity contribution in [3.05, 3.63) is 64.7 Å². The predicted molar refractivity (Wildman–Crippen MR) is 122 cm³/mol. The van der Waals surface area contributed by atoms with Gasteiger partial charge in [0.25, 0.3) is 0 Å². The lowest BCUT2D eigenvalue weighted by atomic mass is 10.0. The number of hydrogen-bond donors (Lipinski definition) is 1. The van der Waals surface area contributed by atoms with Crippen LogP contribution in [0.1, 0.15) is 31.4 Å². The first kappa shape index (κ1) is 22.0. The van der Waals surface area contributed by atoms with Gasteiger partial charge in [0.2, 0.25) is 0 Å². The van der Waals surface area contributed by atoms with E-state index in [-0.39, 0.29) is 18.2 Å². The molecule has 0 spiro atoms. The number of anilines is 1. The zero-order valence-electron chi connectivity index (χ0n) is 17.9. The predicted octanol–water partition coefficient (Wildman–Crippen LogP) is 4.52. The van der Waals surface area contributed by atoms with Crippen LogP contribution in [0.4, 0.5) is 10.5 Å². The minimum absolute atomic E-state index is 0.0471. The fourth-order valence-corrected chi connectivity index (χ4v) is 3.52. The number of oxime groups is 1. The number of carbonyl (C=O) groups excluding carboxylic acids is 1. The summed E-state index contributed by atoms with van der Waals surface area (Å²) in [5.74, 6) is 0. The van der Waals surface area contributed by atoms with Crippen LogP contribution in [0.15, 0.2) is 53.7 Å². The monoisotopic (exact) mass is 428 g/mol. The van der Waals surface area contributed by atoms with Gasteiger partial charge in [-0.15, -0.1) is 0 Å². The van der Waals surface area contributed by atoms with Gasteiger partial charge in [-0.05, 0) is 49.2 Å². The second kappa shape index (κ2) is 9.85. The summed E-state index contributed by atoms with van der Waals surface area (Å²) in [4.78, 5) is 22.3. The SMILES string of the molecule is CC(C)NC(=O)N(Cc1cccc(Cl)c1)C[C@H]1CC(c2ccc(N(C)C)cc2)=NO1. The van der Waals surface area contributed by atoms with E-state index in [1.807, 2.05) is 52.2 Å². The Labute approximate surface area is 183 Å². The molecule has 0 aliphatic carbocycles. The zero-order valence-corrected chi connectivity index (χ0v) is 18.7. The Hall–Kier alpha value is -2.73. The van der Waals surface area contributed by atoms with Crippen molar-refractivity contribution in [2.45, 2.75) is 39.0 Å². The maximum absolute atomic E-state index is 12.8. The van der Waals surface area contributed by atoms with Gasteiger partial charge in [-0.3, -0.25) is 0 Å². The van der Waals surface area contributed by atoms with Crippen LogP contribution >= 0.6 is 11.6 Å². The van der Waals surface area contributed by atoms with Crippen molar-refractivity contribution < 1.29 is 9.63 Å². The quantitative estimate of drug-likeness (QED) is 0.705. The van der Waals surface area contributed by atoms with E-state index in [1.165, 1.54) is 0 Å². The third-order valence-electron chi connectivity index (χ3n) is 4.84. The minimum atomic E-state index is -0.189. The molecule has 0 saturated heterocycles. The van der Waals surface area contributed by atoms with Gasteiger partial charge in [0.05, 0.1) is 12.3 Å². The van der Waals surface area contributed by atoms with Gasteiger partial charge in [0, 0.05) is 43.8 Å². The molecule has 1 aliphatic heterocycles. The number of halogens is 1. The lowest BCUT2D eigenvalue weighted by molar-refractivity contribution is 0.0586. The molecule has 160 valence electrons. The largest absolute Gasteiger partial charge is 0.390 e. The fraction of sp³-hybridized carbons (Fsp3) is 0.391. The summed E-state index contributed by atoms with van der Waals surface area (Å²) in [6, 6.07) is 15.7. The highest BCUT2D eigenvalue weighted by Crippen LogP contribution is 2.21. The molecule has 1 atom stereocenters. The number of hydrogen-bond acceptors (Lipinski definition) is 4. The zero-order chi connectivity index (χ0) is 21.7. The number of urea groups is 1. The van der Waals surface area contributed by atoms with E-state index >= 15 is 0 Å². The molecule has 6 nitrogen and oxygen atoms in total. The Kier molecular flexibility index (Phi) is 7.21. The Morgan fingerprint density at radius 2 is 1.97 bits per heavy atom. The average Bonchev–Trinajstić information content (AvgIpc) is 3.15. The molecule has 2 aromatic rings. The summed E-state index contributed by atoms with van der Waals surface area (Å²) >= 11 is 6.11. The van der Waals surface area contributed by atoms with E-state index < -0.39 is 0 Å². The Morgan fingerprint density at radius 1 is 1.23 bits per heavy atom. The number of carbonyl (C=O) groups is 1. The highest BCUT2D eigenvalue weighted by molar-refractivity contribution is 6.30. The molecule has 0 fully saturated rings. The van der Waals surface area contributed by atoms with Gasteiger partial charge in [-0.2, -0.15) is 0 Å². The molecule has 0 unspecified atom stereocenters. The average molecular weight is 429 g/mol. The first-order valence-corrected chi connectivity index (χ1v) is 10.5. The van der Waals surface area contributed by atoms with E-state index in [0.717, 1.165) is 22.5 Å². The van der Waals surface area contributed by atoms with E-state index in [9.17, 15) is 4.79 Å². The summed E-state index contributed by atoms with van der Waals surface area (Å²) < 4.78 is 0. The molecule has 0 bridgehead atoms. The molecular weight excluding hydrogens is 400 g/mol. The molecule has 0 aromatic heterocycles. The van der Waals surface area contributed by atoms with E-state index in [0.29, 0.717) is 24.5 Å². The van der Waals surface area contributed by atoms with Crippen LogP contribution in [-0.2, 0) is 11.4 Å². The van der Waals surface area contributed by atoms with Crippen LogP contribution in [0.25, 0.3) is 0 Å². The third kappa shape index (κ3) is 5.89. The van der Waals surface area contributed by atoms with Crippen LogP contribution in [0, 0.1) is 0 Å². The summed E-state index contributed by atoms with van der Waals surface area (Å²) in [7, 11) is 4.02. The van der Waals surface area contributed by atoms with Crippen LogP contribution in [0.2, 0.25) is 5.02 Å². The number of amides is 2. The summed E-state index contributed by atoms with van der Waals surface area (Å²) in [5, 5.41) is 7.90. The highest BCUT2D eigenvalue weighted by atomic mass is 35.5. The Morgan fingerprint density at radius 3 is 2.60 bits per heavy atom. The smallest absolute Gasteiger partial charge is 0.318 e. The van der Waals surface area contributed by atoms with Crippen molar-refractivity contribution in [1.82, 2.24) is 10.2 Å². The van der Waals surface area contributed by atoms with Gasteiger partial charge in [0.1, 0.15) is 0 Å². The first-order valence-electron chi connectivity index (χ1n) is 10.1. The maximum atomic E-state index is 12.8.